The van der Waals surface area contributed by atoms with Gasteiger partial charge in [0, 0.05) is 0 Å². The molecule has 1 unspecified atom stereocenters. The molecule has 1 atom stereocenters. The van der Waals surface area contributed by atoms with Crippen LogP contribution in [0.15, 0.2) is 0 Å². The number of epoxide rings is 1. The van der Waals surface area contributed by atoms with E-state index in [1.165, 1.54) is 0 Å². The molecule has 0 N–H and O–H groups in total. The third-order valence-electron chi connectivity index (χ3n) is 0.783. The maximum Gasteiger partial charge on any atom is 0.188 e. The van der Waals surface area contributed by atoms with Crippen molar-refractivity contribution in [2.45, 2.75) is 6.10 Å². The molecule has 0 spiro atoms. The van der Waals surface area contributed by atoms with E-state index >= 15 is 0 Å². The van der Waals surface area contributed by atoms with Gasteiger partial charge in [-0.3, -0.25) is 0 Å². The van der Waals surface area contributed by atoms with Gasteiger partial charge in [-0.2, -0.15) is 0 Å². The third-order valence-corrected chi connectivity index (χ3v) is 0.783. The highest BCUT2D eigenvalue weighted by atomic mass is 19.1. The van der Waals surface area contributed by atoms with Gasteiger partial charge in [0.1, 0.15) is 6.10 Å². The fourth-order valence-corrected chi connectivity index (χ4v) is 0.340. The van der Waals surface area contributed by atoms with Crippen LogP contribution in [0.5, 0.6) is 0 Å². The molecule has 0 aromatic rings. The summed E-state index contributed by atoms with van der Waals surface area (Å²) < 4.78 is 20.2. The Hall–Kier alpha value is -0.150. The van der Waals surface area contributed by atoms with Gasteiger partial charge in [0.25, 0.3) is 0 Å². The van der Waals surface area contributed by atoms with Crippen molar-refractivity contribution in [1.29, 1.82) is 0 Å². The average Bonchev–Trinajstić information content (AvgIpc) is 2.42. The van der Waals surface area contributed by atoms with Gasteiger partial charge in [-0.05, 0) is 0 Å². The normalized spacial score (nSPS) is 27.9. The molecule has 0 amide bonds. The maximum absolute atomic E-state index is 11.1. The predicted molar refractivity (Wildman–Crippen MR) is 21.7 cm³/mol. The van der Waals surface area contributed by atoms with Crippen molar-refractivity contribution in [2.24, 2.45) is 0 Å². The minimum Gasteiger partial charge on any atom is -0.371 e. The van der Waals surface area contributed by atoms with Crippen LogP contribution in [0.25, 0.3) is 0 Å². The second-order valence-corrected chi connectivity index (χ2v) is 1.44. The van der Waals surface area contributed by atoms with Crippen molar-refractivity contribution in [3.63, 3.8) is 0 Å². The molecule has 0 bridgehead atoms. The Labute approximate surface area is 41.2 Å². The topological polar surface area (TPSA) is 21.8 Å². The Bertz CT molecular complexity index is 53.7. The molecule has 1 heterocycles. The minimum atomic E-state index is -0.695. The number of halogens is 1. The SMILES string of the molecule is FCOCC1CO1. The first kappa shape index (κ1) is 5.00. The molecule has 42 valence electrons. The zero-order valence-corrected chi connectivity index (χ0v) is 3.89. The molecular formula is C4H7FO2. The molecule has 1 fully saturated rings. The number of alkyl halides is 1. The second-order valence-electron chi connectivity index (χ2n) is 1.44. The Balaban J connectivity index is 1.80. The van der Waals surface area contributed by atoms with Crippen LogP contribution in [0.2, 0.25) is 0 Å². The summed E-state index contributed by atoms with van der Waals surface area (Å²) >= 11 is 0. The molecule has 3 heteroatoms. The summed E-state index contributed by atoms with van der Waals surface area (Å²) in [5.41, 5.74) is 0. The monoisotopic (exact) mass is 106 g/mol. The van der Waals surface area contributed by atoms with Crippen LogP contribution in [0, 0.1) is 0 Å². The molecule has 0 radical (unpaired) electrons. The van der Waals surface area contributed by atoms with Crippen LogP contribution in [0.1, 0.15) is 0 Å². The zero-order chi connectivity index (χ0) is 5.11. The lowest BCUT2D eigenvalue weighted by molar-refractivity contribution is 0.0478. The van der Waals surface area contributed by atoms with Crippen molar-refractivity contribution >= 4 is 0 Å². The van der Waals surface area contributed by atoms with Crippen LogP contribution in [0.4, 0.5) is 4.39 Å². The Morgan fingerprint density at radius 2 is 2.57 bits per heavy atom. The number of hydrogen-bond donors (Lipinski definition) is 0. The number of hydrogen-bond acceptors (Lipinski definition) is 2. The lowest BCUT2D eigenvalue weighted by atomic mass is 10.5. The summed E-state index contributed by atoms with van der Waals surface area (Å²) in [7, 11) is 0. The first-order valence-electron chi connectivity index (χ1n) is 2.19. The van der Waals surface area contributed by atoms with E-state index in [9.17, 15) is 4.39 Å². The number of ether oxygens (including phenoxy) is 2. The Morgan fingerprint density at radius 1 is 1.86 bits per heavy atom. The molecular weight excluding hydrogens is 99.0 g/mol. The van der Waals surface area contributed by atoms with Crippen molar-refractivity contribution in [3.05, 3.63) is 0 Å². The van der Waals surface area contributed by atoms with Crippen LogP contribution in [-0.4, -0.2) is 26.2 Å². The summed E-state index contributed by atoms with van der Waals surface area (Å²) in [6.45, 7) is 0.455. The zero-order valence-electron chi connectivity index (χ0n) is 3.89. The smallest absolute Gasteiger partial charge is 0.188 e. The Morgan fingerprint density at radius 3 is 3.00 bits per heavy atom. The van der Waals surface area contributed by atoms with Gasteiger partial charge in [-0.1, -0.05) is 0 Å². The summed E-state index contributed by atoms with van der Waals surface area (Å²) in [6, 6.07) is 0. The largest absolute Gasteiger partial charge is 0.371 e. The van der Waals surface area contributed by atoms with Gasteiger partial charge in [-0.15, -0.1) is 0 Å². The first-order chi connectivity index (χ1) is 3.43. The van der Waals surface area contributed by atoms with Gasteiger partial charge in [0.05, 0.1) is 13.2 Å². The maximum atomic E-state index is 11.1. The summed E-state index contributed by atoms with van der Waals surface area (Å²) in [4.78, 5) is 0. The van der Waals surface area contributed by atoms with E-state index in [-0.39, 0.29) is 6.10 Å². The fraction of sp³-hybridized carbons (Fsp3) is 1.00. The van der Waals surface area contributed by atoms with Crippen LogP contribution in [0.3, 0.4) is 0 Å². The van der Waals surface area contributed by atoms with Gasteiger partial charge >= 0.3 is 0 Å². The molecule has 0 aromatic heterocycles. The van der Waals surface area contributed by atoms with E-state index in [1.54, 1.807) is 0 Å². The minimum absolute atomic E-state index is 0.191. The molecule has 0 aliphatic carbocycles. The van der Waals surface area contributed by atoms with Gasteiger partial charge in [0.2, 0.25) is 0 Å². The van der Waals surface area contributed by atoms with E-state index in [4.69, 9.17) is 4.74 Å². The van der Waals surface area contributed by atoms with Crippen molar-refractivity contribution in [1.82, 2.24) is 0 Å². The summed E-state index contributed by atoms with van der Waals surface area (Å²) in [6.07, 6.45) is 0.191. The molecule has 2 nitrogen and oxygen atoms in total. The third kappa shape index (κ3) is 1.85. The van der Waals surface area contributed by atoms with Crippen LogP contribution < -0.4 is 0 Å². The van der Waals surface area contributed by atoms with Gasteiger partial charge in [0.15, 0.2) is 6.86 Å². The molecule has 1 aliphatic heterocycles. The predicted octanol–water partition coefficient (Wildman–Crippen LogP) is 0.329. The standard InChI is InChI=1S/C4H7FO2/c5-3-6-1-4-2-7-4/h4H,1-3H2. The highest BCUT2D eigenvalue weighted by Crippen LogP contribution is 2.07. The van der Waals surface area contributed by atoms with E-state index < -0.39 is 6.86 Å². The van der Waals surface area contributed by atoms with Gasteiger partial charge in [-0.25, -0.2) is 4.39 Å². The van der Waals surface area contributed by atoms with E-state index in [0.717, 1.165) is 6.61 Å². The molecule has 1 saturated heterocycles. The molecule has 0 saturated carbocycles. The molecule has 1 rings (SSSR count). The summed E-state index contributed by atoms with van der Waals surface area (Å²) in [5.74, 6) is 0. The van der Waals surface area contributed by atoms with E-state index in [0.29, 0.717) is 6.61 Å². The van der Waals surface area contributed by atoms with Gasteiger partial charge < -0.3 is 9.47 Å². The first-order valence-corrected chi connectivity index (χ1v) is 2.19. The lowest BCUT2D eigenvalue weighted by Crippen LogP contribution is -1.98. The fourth-order valence-electron chi connectivity index (χ4n) is 0.340. The van der Waals surface area contributed by atoms with Crippen LogP contribution >= 0.6 is 0 Å². The number of rotatable bonds is 3. The van der Waals surface area contributed by atoms with Crippen molar-refractivity contribution in [3.8, 4) is 0 Å². The highest BCUT2D eigenvalue weighted by molar-refractivity contribution is 4.66. The molecule has 1 aliphatic rings. The van der Waals surface area contributed by atoms with Crippen molar-refractivity contribution < 1.29 is 13.9 Å². The van der Waals surface area contributed by atoms with Crippen LogP contribution in [-0.2, 0) is 9.47 Å². The quantitative estimate of drug-likeness (QED) is 0.483. The van der Waals surface area contributed by atoms with E-state index in [1.807, 2.05) is 0 Å². The highest BCUT2D eigenvalue weighted by Gasteiger charge is 2.21. The van der Waals surface area contributed by atoms with E-state index in [2.05, 4.69) is 4.74 Å². The Kier molecular flexibility index (Phi) is 1.59. The lowest BCUT2D eigenvalue weighted by Gasteiger charge is -1.89. The average molecular weight is 106 g/mol. The van der Waals surface area contributed by atoms with Crippen molar-refractivity contribution in [2.75, 3.05) is 20.1 Å². The molecule has 7 heavy (non-hydrogen) atoms. The molecule has 0 aromatic carbocycles. The second kappa shape index (κ2) is 2.23. The summed E-state index contributed by atoms with van der Waals surface area (Å²) in [5, 5.41) is 0.